The van der Waals surface area contributed by atoms with E-state index in [1.165, 1.54) is 11.8 Å². The minimum Gasteiger partial charge on any atom is -0.416 e. The van der Waals surface area contributed by atoms with E-state index >= 15 is 0 Å². The van der Waals surface area contributed by atoms with E-state index in [-0.39, 0.29) is 6.42 Å². The summed E-state index contributed by atoms with van der Waals surface area (Å²) < 4.78 is 5.55. The van der Waals surface area contributed by atoms with Crippen molar-refractivity contribution in [2.24, 2.45) is 0 Å². The Morgan fingerprint density at radius 2 is 1.91 bits per heavy atom. The van der Waals surface area contributed by atoms with Crippen molar-refractivity contribution in [1.82, 2.24) is 20.2 Å². The van der Waals surface area contributed by atoms with Crippen molar-refractivity contribution in [3.8, 4) is 0 Å². The predicted octanol–water partition coefficient (Wildman–Crippen LogP) is 1.64. The third-order valence-corrected chi connectivity index (χ3v) is 4.13. The molecule has 7 nitrogen and oxygen atoms in total. The lowest BCUT2D eigenvalue weighted by Crippen LogP contribution is -2.27. The van der Waals surface area contributed by atoms with Crippen LogP contribution in [0, 0.1) is 6.92 Å². The summed E-state index contributed by atoms with van der Waals surface area (Å²) in [5, 5.41) is 8.36. The average Bonchev–Trinajstić information content (AvgIpc) is 2.97. The summed E-state index contributed by atoms with van der Waals surface area (Å²) in [4.78, 5) is 27.7. The number of hydrogen-bond acceptors (Lipinski definition) is 6. The zero-order valence-electron chi connectivity index (χ0n) is 12.3. The number of aryl methyl sites for hydroxylation is 1. The first-order valence-corrected chi connectivity index (χ1v) is 7.91. The fraction of sp³-hybridized carbons (Fsp3) is 0.200. The molecule has 0 aliphatic carbocycles. The smallest absolute Gasteiger partial charge is 0.325 e. The van der Waals surface area contributed by atoms with Gasteiger partial charge in [0.2, 0.25) is 5.89 Å². The Morgan fingerprint density at radius 3 is 2.65 bits per heavy atom. The van der Waals surface area contributed by atoms with Gasteiger partial charge in [0.15, 0.2) is 0 Å². The predicted molar refractivity (Wildman–Crippen MR) is 85.5 cm³/mol. The van der Waals surface area contributed by atoms with Crippen LogP contribution in [0.4, 0.5) is 0 Å². The second kappa shape index (κ2) is 6.66. The molecule has 0 atom stereocenters. The van der Waals surface area contributed by atoms with Crippen LogP contribution in [0.3, 0.4) is 0 Å². The number of benzene rings is 1. The molecule has 0 saturated carbocycles. The number of hydrogen-bond donors (Lipinski definition) is 2. The highest BCUT2D eigenvalue weighted by molar-refractivity contribution is 7.98. The summed E-state index contributed by atoms with van der Waals surface area (Å²) in [7, 11) is 0. The SMILES string of the molecule is Cc1[nH]c(=O)[nH]c(=O)c1Cc1nnc(SCc2ccccc2)o1. The third kappa shape index (κ3) is 3.78. The summed E-state index contributed by atoms with van der Waals surface area (Å²) in [5.74, 6) is 1.06. The van der Waals surface area contributed by atoms with Crippen molar-refractivity contribution in [1.29, 1.82) is 0 Å². The number of H-pyrrole nitrogens is 2. The number of nitrogens with zero attached hydrogens (tertiary/aromatic N) is 2. The molecule has 0 amide bonds. The molecule has 2 aromatic heterocycles. The Balaban J connectivity index is 1.70. The molecular formula is C15H14N4O3S. The first kappa shape index (κ1) is 15.3. The fourth-order valence-corrected chi connectivity index (χ4v) is 2.81. The monoisotopic (exact) mass is 330 g/mol. The van der Waals surface area contributed by atoms with E-state index < -0.39 is 11.2 Å². The van der Waals surface area contributed by atoms with Crippen molar-refractivity contribution in [2.75, 3.05) is 0 Å². The molecule has 0 bridgehead atoms. The van der Waals surface area contributed by atoms with Crippen LogP contribution in [0.5, 0.6) is 0 Å². The van der Waals surface area contributed by atoms with Crippen LogP contribution in [0.15, 0.2) is 49.6 Å². The van der Waals surface area contributed by atoms with Crippen LogP contribution in [-0.2, 0) is 12.2 Å². The lowest BCUT2D eigenvalue weighted by Gasteiger charge is -2.00. The first-order chi connectivity index (χ1) is 11.1. The summed E-state index contributed by atoms with van der Waals surface area (Å²) in [6.07, 6.45) is 0.177. The maximum atomic E-state index is 11.8. The van der Waals surface area contributed by atoms with E-state index in [1.54, 1.807) is 6.92 Å². The van der Waals surface area contributed by atoms with E-state index in [0.717, 1.165) is 11.3 Å². The molecule has 118 valence electrons. The highest BCUT2D eigenvalue weighted by Gasteiger charge is 2.12. The topological polar surface area (TPSA) is 105 Å². The van der Waals surface area contributed by atoms with Crippen LogP contribution in [0.25, 0.3) is 0 Å². The molecule has 0 fully saturated rings. The molecule has 0 aliphatic heterocycles. The normalized spacial score (nSPS) is 10.8. The maximum absolute atomic E-state index is 11.8. The van der Waals surface area contributed by atoms with E-state index in [2.05, 4.69) is 20.2 Å². The van der Waals surface area contributed by atoms with Gasteiger partial charge >= 0.3 is 5.69 Å². The molecule has 0 unspecified atom stereocenters. The highest BCUT2D eigenvalue weighted by atomic mass is 32.2. The van der Waals surface area contributed by atoms with Crippen molar-refractivity contribution < 1.29 is 4.42 Å². The minimum absolute atomic E-state index is 0.177. The third-order valence-electron chi connectivity index (χ3n) is 3.24. The summed E-state index contributed by atoms with van der Waals surface area (Å²) in [6, 6.07) is 9.95. The van der Waals surface area contributed by atoms with Crippen molar-refractivity contribution >= 4 is 11.8 Å². The molecule has 8 heteroatoms. The molecule has 0 aliphatic rings. The van der Waals surface area contributed by atoms with Gasteiger partial charge in [-0.05, 0) is 12.5 Å². The number of rotatable bonds is 5. The standard InChI is InChI=1S/C15H14N4O3S/c1-9-11(13(20)17-14(21)16-9)7-12-18-19-15(22-12)23-8-10-5-3-2-4-6-10/h2-6H,7-8H2,1H3,(H2,16,17,20,21). The highest BCUT2D eigenvalue weighted by Crippen LogP contribution is 2.21. The van der Waals surface area contributed by atoms with E-state index in [0.29, 0.717) is 22.4 Å². The number of aromatic nitrogens is 4. The Hall–Kier alpha value is -2.61. The van der Waals surface area contributed by atoms with Gasteiger partial charge in [-0.15, -0.1) is 10.2 Å². The molecule has 2 N–H and O–H groups in total. The van der Waals surface area contributed by atoms with E-state index in [4.69, 9.17) is 4.42 Å². The molecule has 23 heavy (non-hydrogen) atoms. The molecule has 0 radical (unpaired) electrons. The molecular weight excluding hydrogens is 316 g/mol. The molecule has 0 saturated heterocycles. The zero-order chi connectivity index (χ0) is 16.2. The first-order valence-electron chi connectivity index (χ1n) is 6.93. The lowest BCUT2D eigenvalue weighted by molar-refractivity contribution is 0.419. The van der Waals surface area contributed by atoms with Gasteiger partial charge in [-0.25, -0.2) is 4.79 Å². The molecule has 3 aromatic rings. The second-order valence-corrected chi connectivity index (χ2v) is 5.85. The second-order valence-electron chi connectivity index (χ2n) is 4.92. The van der Waals surface area contributed by atoms with Crippen LogP contribution in [0.2, 0.25) is 0 Å². The van der Waals surface area contributed by atoms with Crippen LogP contribution in [-0.4, -0.2) is 20.2 Å². The Bertz CT molecular complexity index is 914. The van der Waals surface area contributed by atoms with Gasteiger partial charge in [-0.3, -0.25) is 9.78 Å². The number of aromatic amines is 2. The Morgan fingerprint density at radius 1 is 1.13 bits per heavy atom. The molecule has 3 rings (SSSR count). The lowest BCUT2D eigenvalue weighted by atomic mass is 10.2. The zero-order valence-corrected chi connectivity index (χ0v) is 13.1. The van der Waals surface area contributed by atoms with Crippen molar-refractivity contribution in [2.45, 2.75) is 24.3 Å². The van der Waals surface area contributed by atoms with Gasteiger partial charge in [-0.1, -0.05) is 42.1 Å². The van der Waals surface area contributed by atoms with Gasteiger partial charge in [0, 0.05) is 17.0 Å². The van der Waals surface area contributed by atoms with Crippen molar-refractivity contribution in [3.05, 3.63) is 73.9 Å². The average molecular weight is 330 g/mol. The van der Waals surface area contributed by atoms with Crippen LogP contribution in [0.1, 0.15) is 22.7 Å². The number of nitrogens with one attached hydrogen (secondary N) is 2. The molecule has 2 heterocycles. The fourth-order valence-electron chi connectivity index (χ4n) is 2.08. The van der Waals surface area contributed by atoms with Gasteiger partial charge in [-0.2, -0.15) is 0 Å². The largest absolute Gasteiger partial charge is 0.416 e. The minimum atomic E-state index is -0.527. The van der Waals surface area contributed by atoms with E-state index in [9.17, 15) is 9.59 Å². The number of thioether (sulfide) groups is 1. The van der Waals surface area contributed by atoms with Crippen LogP contribution >= 0.6 is 11.8 Å². The van der Waals surface area contributed by atoms with E-state index in [1.807, 2.05) is 30.3 Å². The van der Waals surface area contributed by atoms with Crippen LogP contribution < -0.4 is 11.2 Å². The molecule has 0 spiro atoms. The quantitative estimate of drug-likeness (QED) is 0.689. The van der Waals surface area contributed by atoms with Gasteiger partial charge in [0.25, 0.3) is 10.8 Å². The summed E-state index contributed by atoms with van der Waals surface area (Å²) in [6.45, 7) is 1.66. The summed E-state index contributed by atoms with van der Waals surface area (Å²) >= 11 is 1.43. The Kier molecular flexibility index (Phi) is 4.42. The van der Waals surface area contributed by atoms with Gasteiger partial charge in [0.05, 0.1) is 6.42 Å². The Labute approximate surface area is 135 Å². The maximum Gasteiger partial charge on any atom is 0.325 e. The van der Waals surface area contributed by atoms with Crippen molar-refractivity contribution in [3.63, 3.8) is 0 Å². The summed E-state index contributed by atoms with van der Waals surface area (Å²) in [5.41, 5.74) is 1.09. The molecule has 1 aromatic carbocycles. The van der Waals surface area contributed by atoms with Gasteiger partial charge < -0.3 is 9.40 Å². The van der Waals surface area contributed by atoms with Gasteiger partial charge in [0.1, 0.15) is 0 Å².